The first kappa shape index (κ1) is 14.4. The van der Waals surface area contributed by atoms with Gasteiger partial charge in [-0.05, 0) is 35.3 Å². The largest absolute Gasteiger partial charge is 0.219 e. The number of sulfone groups is 1. The Morgan fingerprint density at radius 2 is 1.43 bits per heavy atom. The summed E-state index contributed by atoms with van der Waals surface area (Å²) in [6.07, 6.45) is 0. The van der Waals surface area contributed by atoms with Crippen LogP contribution >= 0.6 is 0 Å². The molecule has 2 aromatic rings. The maximum absolute atomic E-state index is 12.4. The normalized spacial score (nSPS) is 10.3. The van der Waals surface area contributed by atoms with Crippen LogP contribution in [0.4, 0.5) is 11.4 Å². The fourth-order valence-electron chi connectivity index (χ4n) is 1.64. The standard InChI is InChI=1S/C12H8N6O2S/c13-17-15-9-4-6-11(7-5-9)21(19,20)12-3-1-2-10(8-12)16-18-14/h1-8H. The molecule has 0 aliphatic rings. The summed E-state index contributed by atoms with van der Waals surface area (Å²) >= 11 is 0. The first-order valence-electron chi connectivity index (χ1n) is 5.63. The van der Waals surface area contributed by atoms with Gasteiger partial charge in [0.2, 0.25) is 9.84 Å². The highest BCUT2D eigenvalue weighted by Gasteiger charge is 2.17. The number of hydrogen-bond donors (Lipinski definition) is 0. The van der Waals surface area contributed by atoms with E-state index in [0.717, 1.165) is 0 Å². The van der Waals surface area contributed by atoms with E-state index in [2.05, 4.69) is 20.1 Å². The monoisotopic (exact) mass is 300 g/mol. The smallest absolute Gasteiger partial charge is 0.206 e. The third-order valence-electron chi connectivity index (χ3n) is 2.60. The minimum absolute atomic E-state index is 0.0175. The number of hydrogen-bond acceptors (Lipinski definition) is 4. The van der Waals surface area contributed by atoms with Gasteiger partial charge < -0.3 is 0 Å². The van der Waals surface area contributed by atoms with Gasteiger partial charge >= 0.3 is 0 Å². The highest BCUT2D eigenvalue weighted by atomic mass is 32.2. The Balaban J connectivity index is 2.48. The molecule has 2 aromatic carbocycles. The number of nitrogens with zero attached hydrogens (tertiary/aromatic N) is 6. The first-order valence-corrected chi connectivity index (χ1v) is 7.11. The summed E-state index contributed by atoms with van der Waals surface area (Å²) in [5.41, 5.74) is 17.2. The molecule has 0 aliphatic carbocycles. The highest BCUT2D eigenvalue weighted by Crippen LogP contribution is 2.26. The third kappa shape index (κ3) is 3.13. The van der Waals surface area contributed by atoms with E-state index in [4.69, 9.17) is 11.1 Å². The fraction of sp³-hybridized carbons (Fsp3) is 0. The van der Waals surface area contributed by atoms with Crippen molar-refractivity contribution in [2.24, 2.45) is 10.2 Å². The van der Waals surface area contributed by atoms with Crippen LogP contribution in [0.1, 0.15) is 0 Å². The van der Waals surface area contributed by atoms with Crippen molar-refractivity contribution >= 4 is 21.2 Å². The van der Waals surface area contributed by atoms with Crippen molar-refractivity contribution in [3.8, 4) is 0 Å². The molecule has 2 rings (SSSR count). The molecule has 0 N–H and O–H groups in total. The lowest BCUT2D eigenvalue weighted by Crippen LogP contribution is -2.01. The number of benzene rings is 2. The van der Waals surface area contributed by atoms with Crippen molar-refractivity contribution in [1.82, 2.24) is 0 Å². The summed E-state index contributed by atoms with van der Waals surface area (Å²) in [6, 6.07) is 11.2. The summed E-state index contributed by atoms with van der Waals surface area (Å²) in [4.78, 5) is 5.31. The molecule has 0 radical (unpaired) electrons. The summed E-state index contributed by atoms with van der Waals surface area (Å²) in [5.74, 6) is 0. The van der Waals surface area contributed by atoms with Crippen LogP contribution in [-0.4, -0.2) is 8.42 Å². The molecule has 9 heteroatoms. The molecule has 0 atom stereocenters. The van der Waals surface area contributed by atoms with E-state index in [0.29, 0.717) is 5.69 Å². The van der Waals surface area contributed by atoms with E-state index in [1.807, 2.05) is 0 Å². The lowest BCUT2D eigenvalue weighted by Gasteiger charge is -2.05. The van der Waals surface area contributed by atoms with Crippen LogP contribution in [0.2, 0.25) is 0 Å². The lowest BCUT2D eigenvalue weighted by molar-refractivity contribution is 0.596. The molecular weight excluding hydrogens is 292 g/mol. The Morgan fingerprint density at radius 3 is 2.05 bits per heavy atom. The van der Waals surface area contributed by atoms with Crippen LogP contribution in [0.25, 0.3) is 20.9 Å². The Kier molecular flexibility index (Phi) is 4.10. The predicted octanol–water partition coefficient (Wildman–Crippen LogP) is 4.40. The molecule has 104 valence electrons. The number of azide groups is 2. The minimum Gasteiger partial charge on any atom is -0.219 e. The van der Waals surface area contributed by atoms with Crippen LogP contribution in [0.3, 0.4) is 0 Å². The Labute approximate surface area is 119 Å². The average molecular weight is 300 g/mol. The zero-order valence-corrected chi connectivity index (χ0v) is 11.3. The van der Waals surface area contributed by atoms with Crippen LogP contribution in [0.15, 0.2) is 68.6 Å². The van der Waals surface area contributed by atoms with Gasteiger partial charge in [-0.15, -0.1) is 0 Å². The van der Waals surface area contributed by atoms with Gasteiger partial charge in [0.25, 0.3) is 0 Å². The van der Waals surface area contributed by atoms with Crippen LogP contribution in [0, 0.1) is 0 Å². The topological polar surface area (TPSA) is 132 Å². The maximum Gasteiger partial charge on any atom is 0.206 e. The van der Waals surface area contributed by atoms with Gasteiger partial charge in [-0.3, -0.25) is 0 Å². The van der Waals surface area contributed by atoms with Crippen molar-refractivity contribution in [3.63, 3.8) is 0 Å². The van der Waals surface area contributed by atoms with Gasteiger partial charge in [-0.1, -0.05) is 34.5 Å². The van der Waals surface area contributed by atoms with E-state index >= 15 is 0 Å². The Bertz CT molecular complexity index is 863. The van der Waals surface area contributed by atoms with Gasteiger partial charge in [0, 0.05) is 21.2 Å². The van der Waals surface area contributed by atoms with Crippen molar-refractivity contribution < 1.29 is 8.42 Å². The van der Waals surface area contributed by atoms with Gasteiger partial charge in [0.15, 0.2) is 0 Å². The van der Waals surface area contributed by atoms with E-state index < -0.39 is 9.84 Å². The molecule has 0 unspecified atom stereocenters. The molecule has 0 fully saturated rings. The van der Waals surface area contributed by atoms with Crippen molar-refractivity contribution in [2.45, 2.75) is 9.79 Å². The van der Waals surface area contributed by atoms with Crippen molar-refractivity contribution in [2.75, 3.05) is 0 Å². The third-order valence-corrected chi connectivity index (χ3v) is 4.36. The van der Waals surface area contributed by atoms with Gasteiger partial charge in [-0.2, -0.15) is 0 Å². The lowest BCUT2D eigenvalue weighted by atomic mass is 10.3. The van der Waals surface area contributed by atoms with Crippen LogP contribution in [-0.2, 0) is 9.84 Å². The van der Waals surface area contributed by atoms with Crippen LogP contribution < -0.4 is 0 Å². The summed E-state index contributed by atoms with van der Waals surface area (Å²) in [5, 5.41) is 6.75. The molecule has 0 aromatic heterocycles. The highest BCUT2D eigenvalue weighted by molar-refractivity contribution is 7.91. The van der Waals surface area contributed by atoms with Crippen molar-refractivity contribution in [3.05, 3.63) is 69.4 Å². The summed E-state index contributed by atoms with van der Waals surface area (Å²) < 4.78 is 24.8. The molecule has 0 amide bonds. The first-order chi connectivity index (χ1) is 10.1. The second-order valence-corrected chi connectivity index (χ2v) is 5.82. The molecule has 0 bridgehead atoms. The molecule has 0 saturated carbocycles. The van der Waals surface area contributed by atoms with Gasteiger partial charge in [-0.25, -0.2) is 8.42 Å². The van der Waals surface area contributed by atoms with E-state index in [9.17, 15) is 8.42 Å². The van der Waals surface area contributed by atoms with Crippen LogP contribution in [0.5, 0.6) is 0 Å². The van der Waals surface area contributed by atoms with E-state index in [-0.39, 0.29) is 15.5 Å². The maximum atomic E-state index is 12.4. The predicted molar refractivity (Wildman–Crippen MR) is 75.9 cm³/mol. The molecule has 0 saturated heterocycles. The molecule has 0 heterocycles. The Hall–Kier alpha value is -2.99. The minimum atomic E-state index is -3.73. The zero-order valence-electron chi connectivity index (χ0n) is 10.5. The second-order valence-electron chi connectivity index (χ2n) is 3.87. The van der Waals surface area contributed by atoms with Gasteiger partial charge in [0.05, 0.1) is 9.79 Å². The fourth-order valence-corrected chi connectivity index (χ4v) is 2.94. The average Bonchev–Trinajstić information content (AvgIpc) is 2.49. The molecular formula is C12H8N6O2S. The Morgan fingerprint density at radius 1 is 0.810 bits per heavy atom. The summed E-state index contributed by atoms with van der Waals surface area (Å²) in [7, 11) is -3.73. The zero-order chi connectivity index (χ0) is 15.3. The van der Waals surface area contributed by atoms with E-state index in [1.165, 1.54) is 48.5 Å². The quantitative estimate of drug-likeness (QED) is 0.470. The molecule has 21 heavy (non-hydrogen) atoms. The molecule has 0 spiro atoms. The second kappa shape index (κ2) is 5.98. The number of rotatable bonds is 4. The summed E-state index contributed by atoms with van der Waals surface area (Å²) in [6.45, 7) is 0. The molecule has 0 aliphatic heterocycles. The van der Waals surface area contributed by atoms with Gasteiger partial charge in [0.1, 0.15) is 0 Å². The molecule has 8 nitrogen and oxygen atoms in total. The van der Waals surface area contributed by atoms with Crippen molar-refractivity contribution in [1.29, 1.82) is 0 Å². The van der Waals surface area contributed by atoms with E-state index in [1.54, 1.807) is 0 Å². The SMILES string of the molecule is [N-]=[N+]=Nc1ccc(S(=O)(=O)c2cccc(N=[N+]=[N-])c2)cc1.